The minimum atomic E-state index is -0.780. The first-order valence-corrected chi connectivity index (χ1v) is 6.42. The maximum absolute atomic E-state index is 11.1. The minimum absolute atomic E-state index is 0.674. The lowest BCUT2D eigenvalue weighted by molar-refractivity contribution is 0.161. The van der Waals surface area contributed by atoms with E-state index < -0.39 is 6.09 Å². The van der Waals surface area contributed by atoms with Crippen LogP contribution < -0.4 is 0 Å². The van der Waals surface area contributed by atoms with E-state index in [1.165, 1.54) is 18.4 Å². The number of hydrogen-bond donors (Lipinski definition) is 1. The van der Waals surface area contributed by atoms with Gasteiger partial charge in [0.05, 0.1) is 0 Å². The molecular weight excluding hydrogens is 202 g/mol. The van der Waals surface area contributed by atoms with Crippen molar-refractivity contribution in [3.05, 3.63) is 11.3 Å². The Balaban J connectivity index is 2.69. The summed E-state index contributed by atoms with van der Waals surface area (Å²) in [5.74, 6) is 0. The lowest BCUT2D eigenvalue weighted by Gasteiger charge is -2.17. The van der Waals surface area contributed by atoms with Crippen molar-refractivity contribution in [1.29, 1.82) is 0 Å². The molecule has 0 bridgehead atoms. The maximum atomic E-state index is 11.1. The van der Waals surface area contributed by atoms with Crippen molar-refractivity contribution < 1.29 is 9.90 Å². The van der Waals surface area contributed by atoms with Crippen LogP contribution in [0.4, 0.5) is 4.79 Å². The first kappa shape index (κ1) is 13.1. The number of amides is 1. The largest absolute Gasteiger partial charge is 0.465 e. The molecule has 3 nitrogen and oxygen atoms in total. The summed E-state index contributed by atoms with van der Waals surface area (Å²) in [5.41, 5.74) is 2.49. The number of allylic oxidation sites excluding steroid dienone is 1. The topological polar surface area (TPSA) is 40.5 Å². The Morgan fingerprint density at radius 2 is 1.88 bits per heavy atom. The Hall–Kier alpha value is -0.990. The number of unbranched alkanes of at least 4 members (excludes halogenated alkanes) is 2. The van der Waals surface area contributed by atoms with Crippen LogP contribution in [0.1, 0.15) is 58.8 Å². The fraction of sp³-hybridized carbons (Fsp3) is 0.769. The van der Waals surface area contributed by atoms with Crippen molar-refractivity contribution in [2.24, 2.45) is 0 Å². The molecule has 1 heterocycles. The van der Waals surface area contributed by atoms with Crippen LogP contribution in [0.15, 0.2) is 11.3 Å². The van der Waals surface area contributed by atoms with Gasteiger partial charge < -0.3 is 5.11 Å². The Morgan fingerprint density at radius 3 is 2.44 bits per heavy atom. The Bertz CT molecular complexity index is 271. The normalized spacial score (nSPS) is 16.0. The molecule has 1 aliphatic rings. The smallest absolute Gasteiger partial charge is 0.411 e. The number of carboxylic acid groups (broad SMARTS) is 1. The van der Waals surface area contributed by atoms with Crippen LogP contribution in [0.2, 0.25) is 0 Å². The van der Waals surface area contributed by atoms with Gasteiger partial charge in [0.25, 0.3) is 0 Å². The van der Waals surface area contributed by atoms with Crippen molar-refractivity contribution in [3.63, 3.8) is 0 Å². The molecule has 1 amide bonds. The van der Waals surface area contributed by atoms with E-state index in [0.29, 0.717) is 6.54 Å². The van der Waals surface area contributed by atoms with Gasteiger partial charge in [-0.15, -0.1) is 0 Å². The zero-order valence-electron chi connectivity index (χ0n) is 10.5. The predicted octanol–water partition coefficient (Wildman–Crippen LogP) is 4.00. The molecule has 0 aromatic rings. The molecule has 0 unspecified atom stereocenters. The quantitative estimate of drug-likeness (QED) is 0.742. The van der Waals surface area contributed by atoms with E-state index in [2.05, 4.69) is 13.8 Å². The maximum Gasteiger partial charge on any atom is 0.411 e. The van der Waals surface area contributed by atoms with Crippen molar-refractivity contribution in [3.8, 4) is 0 Å². The number of nitrogens with zero attached hydrogens (tertiary/aromatic N) is 1. The molecule has 0 atom stereocenters. The summed E-state index contributed by atoms with van der Waals surface area (Å²) in [4.78, 5) is 12.6. The molecule has 0 fully saturated rings. The van der Waals surface area contributed by atoms with Gasteiger partial charge in [0, 0.05) is 12.2 Å². The van der Waals surface area contributed by atoms with Gasteiger partial charge in [0.15, 0.2) is 0 Å². The SMILES string of the molecule is CCCCC1=C(CCCC)N(C(=O)O)CC1. The molecule has 0 saturated heterocycles. The van der Waals surface area contributed by atoms with Crippen LogP contribution in [-0.2, 0) is 0 Å². The van der Waals surface area contributed by atoms with Gasteiger partial charge in [-0.1, -0.05) is 26.7 Å². The highest BCUT2D eigenvalue weighted by Crippen LogP contribution is 2.30. The van der Waals surface area contributed by atoms with Gasteiger partial charge in [-0.25, -0.2) is 4.79 Å². The molecule has 1 N–H and O–H groups in total. The van der Waals surface area contributed by atoms with Crippen LogP contribution in [-0.4, -0.2) is 22.6 Å². The second kappa shape index (κ2) is 6.56. The van der Waals surface area contributed by atoms with Crippen LogP contribution in [0.5, 0.6) is 0 Å². The van der Waals surface area contributed by atoms with E-state index in [0.717, 1.165) is 37.8 Å². The highest BCUT2D eigenvalue weighted by Gasteiger charge is 2.25. The third-order valence-corrected chi connectivity index (χ3v) is 3.20. The molecule has 0 aliphatic carbocycles. The fourth-order valence-electron chi connectivity index (χ4n) is 2.24. The van der Waals surface area contributed by atoms with E-state index in [1.807, 2.05) is 0 Å². The molecule has 0 aromatic carbocycles. The van der Waals surface area contributed by atoms with Gasteiger partial charge in [-0.05, 0) is 37.7 Å². The van der Waals surface area contributed by atoms with E-state index in [1.54, 1.807) is 4.90 Å². The second-order valence-corrected chi connectivity index (χ2v) is 4.44. The number of rotatable bonds is 6. The minimum Gasteiger partial charge on any atom is -0.465 e. The molecule has 3 heteroatoms. The van der Waals surface area contributed by atoms with E-state index in [4.69, 9.17) is 5.11 Å². The van der Waals surface area contributed by atoms with Gasteiger partial charge in [-0.2, -0.15) is 0 Å². The zero-order valence-corrected chi connectivity index (χ0v) is 10.5. The summed E-state index contributed by atoms with van der Waals surface area (Å²) in [5, 5.41) is 9.12. The fourth-order valence-corrected chi connectivity index (χ4v) is 2.24. The monoisotopic (exact) mass is 225 g/mol. The third kappa shape index (κ3) is 3.26. The molecule has 0 radical (unpaired) electrons. The first-order chi connectivity index (χ1) is 7.70. The Labute approximate surface area is 98.1 Å². The molecule has 0 aromatic heterocycles. The molecule has 1 aliphatic heterocycles. The summed E-state index contributed by atoms with van der Waals surface area (Å²) in [6, 6.07) is 0. The molecule has 92 valence electrons. The molecule has 16 heavy (non-hydrogen) atoms. The summed E-state index contributed by atoms with van der Waals surface area (Å²) in [6.07, 6.45) is 6.76. The van der Waals surface area contributed by atoms with Crippen LogP contribution in [0, 0.1) is 0 Å². The van der Waals surface area contributed by atoms with Gasteiger partial charge >= 0.3 is 6.09 Å². The summed E-state index contributed by atoms with van der Waals surface area (Å²) < 4.78 is 0. The third-order valence-electron chi connectivity index (χ3n) is 3.20. The highest BCUT2D eigenvalue weighted by atomic mass is 16.4. The van der Waals surface area contributed by atoms with Crippen molar-refractivity contribution >= 4 is 6.09 Å². The summed E-state index contributed by atoms with van der Waals surface area (Å²) >= 11 is 0. The van der Waals surface area contributed by atoms with Crippen molar-refractivity contribution in [1.82, 2.24) is 4.90 Å². The number of hydrogen-bond acceptors (Lipinski definition) is 1. The average molecular weight is 225 g/mol. The molecule has 0 saturated carbocycles. The summed E-state index contributed by atoms with van der Waals surface area (Å²) in [7, 11) is 0. The van der Waals surface area contributed by atoms with Gasteiger partial charge in [0.2, 0.25) is 0 Å². The molecule has 1 rings (SSSR count). The Kier molecular flexibility index (Phi) is 5.36. The van der Waals surface area contributed by atoms with Crippen molar-refractivity contribution in [2.75, 3.05) is 6.54 Å². The van der Waals surface area contributed by atoms with E-state index >= 15 is 0 Å². The number of carbonyl (C=O) groups is 1. The van der Waals surface area contributed by atoms with Crippen LogP contribution >= 0.6 is 0 Å². The molecule has 0 spiro atoms. The highest BCUT2D eigenvalue weighted by molar-refractivity contribution is 5.68. The van der Waals surface area contributed by atoms with E-state index in [9.17, 15) is 4.79 Å². The zero-order chi connectivity index (χ0) is 12.0. The lowest BCUT2D eigenvalue weighted by atomic mass is 10.0. The standard InChI is InChI=1S/C13H23NO2/c1-3-5-7-11-9-10-14(13(15)16)12(11)8-6-4-2/h3-10H2,1-2H3,(H,15,16). The van der Waals surface area contributed by atoms with Gasteiger partial charge in [-0.3, -0.25) is 4.90 Å². The first-order valence-electron chi connectivity index (χ1n) is 6.42. The molecular formula is C13H23NO2. The van der Waals surface area contributed by atoms with E-state index in [-0.39, 0.29) is 0 Å². The Morgan fingerprint density at radius 1 is 1.25 bits per heavy atom. The van der Waals surface area contributed by atoms with Crippen molar-refractivity contribution in [2.45, 2.75) is 58.8 Å². The second-order valence-electron chi connectivity index (χ2n) is 4.44. The van der Waals surface area contributed by atoms with Crippen LogP contribution in [0.3, 0.4) is 0 Å². The lowest BCUT2D eigenvalue weighted by Crippen LogP contribution is -2.25. The van der Waals surface area contributed by atoms with Gasteiger partial charge in [0.1, 0.15) is 0 Å². The predicted molar refractivity (Wildman–Crippen MR) is 65.4 cm³/mol. The average Bonchev–Trinajstić information content (AvgIpc) is 2.66. The summed E-state index contributed by atoms with van der Waals surface area (Å²) in [6.45, 7) is 5.00. The van der Waals surface area contributed by atoms with Crippen LogP contribution in [0.25, 0.3) is 0 Å².